The summed E-state index contributed by atoms with van der Waals surface area (Å²) in [4.78, 5) is 62.4. The van der Waals surface area contributed by atoms with Crippen LogP contribution in [0.4, 0.5) is 5.69 Å². The molecule has 0 saturated heterocycles. The summed E-state index contributed by atoms with van der Waals surface area (Å²) in [5.41, 5.74) is -2.29. The van der Waals surface area contributed by atoms with E-state index in [2.05, 4.69) is 12.2 Å². The molecule has 0 heterocycles. The Morgan fingerprint density at radius 2 is 1.85 bits per heavy atom. The van der Waals surface area contributed by atoms with E-state index in [-0.39, 0.29) is 53.0 Å². The molecule has 48 heavy (non-hydrogen) atoms. The first-order chi connectivity index (χ1) is 22.5. The SMILES string of the molecule is C[C@]12CCC(=O)C=C1CC[C@@H]1[C@@H]2[C@@H](O)C[C@@]2(C)[C@H]1CC[C@]2(O)C(=O)COC(=O)CCC(=O)NC(C(=O)O)C(O)c1cccc([NH+]([O-])O)c1. The molecule has 0 spiro atoms. The molecule has 1 aromatic rings. The number of carboxylic acid groups (broad SMARTS) is 1. The van der Waals surface area contributed by atoms with E-state index in [4.69, 9.17) is 9.94 Å². The molecule has 0 aromatic heterocycles. The van der Waals surface area contributed by atoms with Crippen LogP contribution in [0.1, 0.15) is 83.3 Å². The molecule has 3 unspecified atom stereocenters. The number of carboxylic acids is 1. The van der Waals surface area contributed by atoms with Crippen molar-refractivity contribution in [2.24, 2.45) is 28.6 Å². The largest absolute Gasteiger partial charge is 0.595 e. The number of carbonyl (C=O) groups excluding carboxylic acids is 4. The fourth-order valence-electron chi connectivity index (χ4n) is 9.27. The van der Waals surface area contributed by atoms with E-state index in [1.807, 2.05) is 6.92 Å². The van der Waals surface area contributed by atoms with E-state index < -0.39 is 77.6 Å². The maximum atomic E-state index is 13.5. The van der Waals surface area contributed by atoms with E-state index in [0.717, 1.165) is 24.5 Å². The lowest BCUT2D eigenvalue weighted by atomic mass is 9.45. The van der Waals surface area contributed by atoms with Crippen LogP contribution >= 0.6 is 0 Å². The van der Waals surface area contributed by atoms with Gasteiger partial charge in [-0.15, -0.1) is 0 Å². The molecule has 0 aliphatic heterocycles. The second-order valence-corrected chi connectivity index (χ2v) is 14.3. The standard InChI is InChI=1S/C34H44N2O12/c1-32-12-10-21(37)15-19(32)6-7-22-23-11-13-34(45,33(23,2)16-24(38)28(22)32)25(39)17-48-27(41)9-8-26(40)35-29(31(43)44)30(42)18-4-3-5-20(14-18)36(46)47/h3-5,14-15,22-24,28-30,36,38,42,45-46H,6-13,16-17H2,1-2H3,(H,35,40)(H,43,44)/t22-,23-,24-,28+,29?,30?,32-,33-,34-/m0/s1. The van der Waals surface area contributed by atoms with Gasteiger partial charge in [0.25, 0.3) is 0 Å². The summed E-state index contributed by atoms with van der Waals surface area (Å²) in [6, 6.07) is 3.12. The van der Waals surface area contributed by atoms with Crippen LogP contribution in [0.2, 0.25) is 0 Å². The van der Waals surface area contributed by atoms with E-state index in [1.54, 1.807) is 6.08 Å². The van der Waals surface area contributed by atoms with Gasteiger partial charge < -0.3 is 35.7 Å². The van der Waals surface area contributed by atoms with Gasteiger partial charge in [-0.1, -0.05) is 31.6 Å². The topological polar surface area (TPSA) is 235 Å². The minimum Gasteiger partial charge on any atom is -0.595 e. The first kappa shape index (κ1) is 35.8. The molecule has 4 aliphatic rings. The molecule has 5 rings (SSSR count). The molecule has 3 saturated carbocycles. The number of ether oxygens (including phenoxy) is 1. The second kappa shape index (κ2) is 13.4. The van der Waals surface area contributed by atoms with Gasteiger partial charge in [0.15, 0.2) is 24.1 Å². The number of ketones is 2. The summed E-state index contributed by atoms with van der Waals surface area (Å²) in [5, 5.41) is 64.7. The van der Waals surface area contributed by atoms with Crippen molar-refractivity contribution >= 4 is 35.1 Å². The fraction of sp³-hybridized carbons (Fsp3) is 0.618. The summed E-state index contributed by atoms with van der Waals surface area (Å²) in [6.45, 7) is 3.19. The smallest absolute Gasteiger partial charge is 0.329 e. The Morgan fingerprint density at radius 1 is 1.12 bits per heavy atom. The van der Waals surface area contributed by atoms with Crippen LogP contribution in [0, 0.1) is 33.8 Å². The van der Waals surface area contributed by atoms with Crippen LogP contribution in [0.5, 0.6) is 0 Å². The highest BCUT2D eigenvalue weighted by atomic mass is 16.8. The number of esters is 1. The van der Waals surface area contributed by atoms with Crippen molar-refractivity contribution in [3.63, 3.8) is 0 Å². The minimum atomic E-state index is -1.84. The van der Waals surface area contributed by atoms with Crippen molar-refractivity contribution < 1.29 is 59.6 Å². The highest BCUT2D eigenvalue weighted by Gasteiger charge is 2.68. The third-order valence-electron chi connectivity index (χ3n) is 11.8. The van der Waals surface area contributed by atoms with E-state index in [9.17, 15) is 49.6 Å². The van der Waals surface area contributed by atoms with Crippen LogP contribution in [-0.2, 0) is 28.7 Å². The van der Waals surface area contributed by atoms with Crippen molar-refractivity contribution in [2.75, 3.05) is 6.61 Å². The number of fused-ring (bicyclic) bond motifs is 5. The Hall–Kier alpha value is -3.53. The number of amides is 1. The number of quaternary nitrogens is 1. The summed E-state index contributed by atoms with van der Waals surface area (Å²) in [7, 11) is 0. The lowest BCUT2D eigenvalue weighted by Gasteiger charge is -2.60. The summed E-state index contributed by atoms with van der Waals surface area (Å²) < 4.78 is 5.14. The lowest BCUT2D eigenvalue weighted by molar-refractivity contribution is -0.991. The van der Waals surface area contributed by atoms with Gasteiger partial charge in [0.2, 0.25) is 11.7 Å². The minimum absolute atomic E-state index is 0.0475. The molecule has 262 valence electrons. The highest BCUT2D eigenvalue weighted by molar-refractivity contribution is 5.92. The molecular formula is C34H44N2O12. The summed E-state index contributed by atoms with van der Waals surface area (Å²) >= 11 is 0. The zero-order chi connectivity index (χ0) is 35.2. The number of Topliss-reactive ketones (excluding diaryl/α,β-unsaturated/α-hetero) is 1. The molecule has 0 radical (unpaired) electrons. The van der Waals surface area contributed by atoms with Crippen LogP contribution in [0.3, 0.4) is 0 Å². The maximum Gasteiger partial charge on any atom is 0.329 e. The van der Waals surface area contributed by atoms with Gasteiger partial charge in [-0.2, -0.15) is 5.23 Å². The maximum absolute atomic E-state index is 13.5. The van der Waals surface area contributed by atoms with Crippen molar-refractivity contribution in [3.05, 3.63) is 46.7 Å². The molecule has 14 nitrogen and oxygen atoms in total. The predicted octanol–water partition coefficient (Wildman–Crippen LogP) is 0.819. The number of carbonyl (C=O) groups is 5. The summed E-state index contributed by atoms with van der Waals surface area (Å²) in [6.07, 6.45) is 1.55. The third-order valence-corrected chi connectivity index (χ3v) is 11.8. The van der Waals surface area contributed by atoms with Gasteiger partial charge in [-0.05, 0) is 73.3 Å². The Kier molecular flexibility index (Phi) is 9.99. The quantitative estimate of drug-likeness (QED) is 0.128. The molecule has 1 amide bonds. The number of aliphatic carboxylic acids is 1. The molecule has 3 fully saturated rings. The predicted molar refractivity (Wildman–Crippen MR) is 165 cm³/mol. The number of hydrogen-bond acceptors (Lipinski definition) is 11. The number of aliphatic hydroxyl groups excluding tert-OH is 2. The average Bonchev–Trinajstić information content (AvgIpc) is 3.31. The number of aliphatic hydroxyl groups is 3. The Labute approximate surface area is 277 Å². The Bertz CT molecular complexity index is 1510. The molecule has 10 atom stereocenters. The number of hydrogen-bond donors (Lipinski definition) is 7. The first-order valence-electron chi connectivity index (χ1n) is 16.4. The number of allylic oxidation sites excluding steroid dienone is 1. The van der Waals surface area contributed by atoms with Crippen molar-refractivity contribution in [3.8, 4) is 0 Å². The molecule has 0 bridgehead atoms. The normalized spacial score (nSPS) is 34.4. The van der Waals surface area contributed by atoms with Gasteiger partial charge in [0, 0.05) is 30.4 Å². The van der Waals surface area contributed by atoms with Gasteiger partial charge in [-0.25, -0.2) is 10.0 Å². The molecular weight excluding hydrogens is 628 g/mol. The zero-order valence-electron chi connectivity index (χ0n) is 27.0. The van der Waals surface area contributed by atoms with Crippen LogP contribution in [0.25, 0.3) is 0 Å². The van der Waals surface area contributed by atoms with E-state index in [1.165, 1.54) is 18.2 Å². The first-order valence-corrected chi connectivity index (χ1v) is 16.4. The third kappa shape index (κ3) is 6.32. The second-order valence-electron chi connectivity index (χ2n) is 14.3. The Morgan fingerprint density at radius 3 is 2.54 bits per heavy atom. The van der Waals surface area contributed by atoms with E-state index >= 15 is 0 Å². The lowest BCUT2D eigenvalue weighted by Crippen LogP contribution is -2.99. The van der Waals surface area contributed by atoms with E-state index in [0.29, 0.717) is 19.3 Å². The monoisotopic (exact) mass is 672 g/mol. The number of rotatable bonds is 11. The van der Waals surface area contributed by atoms with Crippen LogP contribution in [0.15, 0.2) is 35.9 Å². The zero-order valence-corrected chi connectivity index (χ0v) is 27.0. The van der Waals surface area contributed by atoms with Crippen molar-refractivity contribution in [1.82, 2.24) is 5.32 Å². The molecule has 4 aliphatic carbocycles. The molecule has 7 N–H and O–H groups in total. The molecule has 14 heteroatoms. The number of benzene rings is 1. The fourth-order valence-corrected chi connectivity index (χ4v) is 9.27. The Balaban J connectivity index is 1.16. The van der Waals surface area contributed by atoms with Crippen molar-refractivity contribution in [2.45, 2.75) is 95.5 Å². The van der Waals surface area contributed by atoms with Crippen molar-refractivity contribution in [1.29, 1.82) is 0 Å². The van der Waals surface area contributed by atoms with Crippen LogP contribution < -0.4 is 10.5 Å². The van der Waals surface area contributed by atoms with Gasteiger partial charge in [0.05, 0.1) is 12.5 Å². The van der Waals surface area contributed by atoms with Gasteiger partial charge >= 0.3 is 11.9 Å². The number of nitrogens with one attached hydrogen (secondary N) is 2. The molecule has 1 aromatic carbocycles. The van der Waals surface area contributed by atoms with Crippen LogP contribution in [-0.4, -0.2) is 79.4 Å². The summed E-state index contributed by atoms with van der Waals surface area (Å²) in [5.74, 6) is -4.12. The average molecular weight is 673 g/mol. The van der Waals surface area contributed by atoms with Gasteiger partial charge in [0.1, 0.15) is 11.7 Å². The highest BCUT2D eigenvalue weighted by Crippen LogP contribution is 2.67. The van der Waals surface area contributed by atoms with Gasteiger partial charge in [-0.3, -0.25) is 19.2 Å².